The summed E-state index contributed by atoms with van der Waals surface area (Å²) < 4.78 is 5.28. The predicted molar refractivity (Wildman–Crippen MR) is 119 cm³/mol. The Labute approximate surface area is 187 Å². The molecule has 0 aromatic carbocycles. The number of hydrogen-bond acceptors (Lipinski definition) is 7. The van der Waals surface area contributed by atoms with Crippen molar-refractivity contribution in [3.05, 3.63) is 32.0 Å². The molecule has 0 bridgehead atoms. The first-order chi connectivity index (χ1) is 14.8. The molecular weight excluding hydrogens is 438 g/mol. The molecule has 0 atom stereocenters. The molecule has 0 aliphatic heterocycles. The maximum absolute atomic E-state index is 12.8. The SMILES string of the molecule is CC(=O)Nc1sc2c(c1C(=O)OCC(=O)Nc1sc3c(c1C(N)=O)CCC3)CCCC2. The van der Waals surface area contributed by atoms with E-state index in [0.29, 0.717) is 21.1 Å². The van der Waals surface area contributed by atoms with Crippen LogP contribution in [0.4, 0.5) is 10.0 Å². The monoisotopic (exact) mass is 461 g/mol. The predicted octanol–water partition coefficient (Wildman–Crippen LogP) is 3.03. The van der Waals surface area contributed by atoms with Gasteiger partial charge in [0, 0.05) is 16.7 Å². The van der Waals surface area contributed by atoms with Crippen molar-refractivity contribution < 1.29 is 23.9 Å². The Balaban J connectivity index is 1.46. The molecule has 164 valence electrons. The smallest absolute Gasteiger partial charge is 0.341 e. The van der Waals surface area contributed by atoms with Crippen molar-refractivity contribution >= 4 is 56.4 Å². The molecule has 8 nitrogen and oxygen atoms in total. The molecule has 0 fully saturated rings. The molecule has 2 aromatic rings. The molecule has 3 amide bonds. The highest BCUT2D eigenvalue weighted by molar-refractivity contribution is 7.17. The Morgan fingerprint density at radius 1 is 0.871 bits per heavy atom. The summed E-state index contributed by atoms with van der Waals surface area (Å²) in [6, 6.07) is 0. The summed E-state index contributed by atoms with van der Waals surface area (Å²) in [6.45, 7) is 0.889. The van der Waals surface area contributed by atoms with E-state index in [1.165, 1.54) is 29.6 Å². The second-order valence-corrected chi connectivity index (χ2v) is 9.86. The minimum Gasteiger partial charge on any atom is -0.452 e. The molecule has 0 radical (unpaired) electrons. The normalized spacial score (nSPS) is 14.5. The Hall–Kier alpha value is -2.72. The number of primary amides is 1. The maximum atomic E-state index is 12.8. The quantitative estimate of drug-likeness (QED) is 0.570. The lowest BCUT2D eigenvalue weighted by Crippen LogP contribution is -2.23. The molecular formula is C21H23N3O5S2. The van der Waals surface area contributed by atoms with Gasteiger partial charge in [0.15, 0.2) is 6.61 Å². The van der Waals surface area contributed by atoms with Gasteiger partial charge in [-0.2, -0.15) is 0 Å². The van der Waals surface area contributed by atoms with E-state index in [1.54, 1.807) is 0 Å². The zero-order valence-electron chi connectivity index (χ0n) is 17.1. The van der Waals surface area contributed by atoms with Crippen LogP contribution in [0.25, 0.3) is 0 Å². The summed E-state index contributed by atoms with van der Waals surface area (Å²) in [5.41, 5.74) is 8.03. The van der Waals surface area contributed by atoms with Gasteiger partial charge in [-0.1, -0.05) is 0 Å². The van der Waals surface area contributed by atoms with Crippen LogP contribution in [0, 0.1) is 0 Å². The molecule has 4 rings (SSSR count). The molecule has 31 heavy (non-hydrogen) atoms. The molecule has 0 spiro atoms. The van der Waals surface area contributed by atoms with Gasteiger partial charge in [0.2, 0.25) is 5.91 Å². The summed E-state index contributed by atoms with van der Waals surface area (Å²) >= 11 is 2.74. The van der Waals surface area contributed by atoms with Crippen LogP contribution in [0.5, 0.6) is 0 Å². The minimum absolute atomic E-state index is 0.268. The number of fused-ring (bicyclic) bond motifs is 2. The Kier molecular flexibility index (Phi) is 6.10. The van der Waals surface area contributed by atoms with E-state index in [0.717, 1.165) is 65.8 Å². The number of ether oxygens (including phenoxy) is 1. The van der Waals surface area contributed by atoms with Gasteiger partial charge in [0.05, 0.1) is 11.1 Å². The third-order valence-electron chi connectivity index (χ3n) is 5.42. The van der Waals surface area contributed by atoms with Crippen LogP contribution in [0.3, 0.4) is 0 Å². The molecule has 2 heterocycles. The fraction of sp³-hybridized carbons (Fsp3) is 0.429. The zero-order chi connectivity index (χ0) is 22.1. The van der Waals surface area contributed by atoms with Gasteiger partial charge in [-0.15, -0.1) is 22.7 Å². The first-order valence-corrected chi connectivity index (χ1v) is 11.8. The molecule has 0 unspecified atom stereocenters. The van der Waals surface area contributed by atoms with Crippen LogP contribution in [0.15, 0.2) is 0 Å². The van der Waals surface area contributed by atoms with Gasteiger partial charge >= 0.3 is 5.97 Å². The molecule has 2 aliphatic rings. The number of carbonyl (C=O) groups is 4. The number of hydrogen-bond donors (Lipinski definition) is 3. The van der Waals surface area contributed by atoms with E-state index < -0.39 is 24.4 Å². The largest absolute Gasteiger partial charge is 0.452 e. The minimum atomic E-state index is -0.637. The van der Waals surface area contributed by atoms with E-state index in [4.69, 9.17) is 10.5 Å². The first kappa shape index (κ1) is 21.5. The number of nitrogens with one attached hydrogen (secondary N) is 2. The number of aryl methyl sites for hydroxylation is 2. The van der Waals surface area contributed by atoms with E-state index in [9.17, 15) is 19.2 Å². The van der Waals surface area contributed by atoms with Gasteiger partial charge in [-0.05, 0) is 56.1 Å². The van der Waals surface area contributed by atoms with Crippen LogP contribution in [0.2, 0.25) is 0 Å². The number of carbonyl (C=O) groups excluding carboxylic acids is 4. The summed E-state index contributed by atoms with van der Waals surface area (Å²) in [6.07, 6.45) is 6.20. The van der Waals surface area contributed by atoms with Gasteiger partial charge in [0.1, 0.15) is 10.0 Å². The average molecular weight is 462 g/mol. The van der Waals surface area contributed by atoms with Crippen LogP contribution in [-0.4, -0.2) is 30.3 Å². The van der Waals surface area contributed by atoms with Crippen molar-refractivity contribution in [2.75, 3.05) is 17.2 Å². The number of nitrogens with two attached hydrogens (primary N) is 1. The van der Waals surface area contributed by atoms with Gasteiger partial charge < -0.3 is 21.1 Å². The number of rotatable bonds is 6. The Morgan fingerprint density at radius 2 is 1.45 bits per heavy atom. The second-order valence-electron chi connectivity index (χ2n) is 7.65. The first-order valence-electron chi connectivity index (χ1n) is 10.2. The third-order valence-corrected chi connectivity index (χ3v) is 7.83. The van der Waals surface area contributed by atoms with Crippen molar-refractivity contribution in [3.63, 3.8) is 0 Å². The fourth-order valence-corrected chi connectivity index (χ4v) is 6.78. The Bertz CT molecular complexity index is 1090. The van der Waals surface area contributed by atoms with Gasteiger partial charge in [0.25, 0.3) is 11.8 Å². The van der Waals surface area contributed by atoms with Crippen LogP contribution in [-0.2, 0) is 40.0 Å². The highest BCUT2D eigenvalue weighted by Crippen LogP contribution is 2.40. The lowest BCUT2D eigenvalue weighted by atomic mass is 9.95. The summed E-state index contributed by atoms with van der Waals surface area (Å²) in [4.78, 5) is 50.8. The van der Waals surface area contributed by atoms with Crippen molar-refractivity contribution in [2.45, 2.75) is 51.9 Å². The summed E-state index contributed by atoms with van der Waals surface area (Å²) in [5.74, 6) is -2.02. The molecule has 2 aliphatic carbocycles. The van der Waals surface area contributed by atoms with Crippen LogP contribution in [0.1, 0.15) is 67.8 Å². The summed E-state index contributed by atoms with van der Waals surface area (Å²) in [5, 5.41) is 6.25. The molecule has 0 saturated carbocycles. The second kappa shape index (κ2) is 8.80. The van der Waals surface area contributed by atoms with Crippen molar-refractivity contribution in [3.8, 4) is 0 Å². The summed E-state index contributed by atoms with van der Waals surface area (Å²) in [7, 11) is 0. The zero-order valence-corrected chi connectivity index (χ0v) is 18.7. The number of thiophene rings is 2. The molecule has 2 aromatic heterocycles. The highest BCUT2D eigenvalue weighted by Gasteiger charge is 2.29. The fourth-order valence-electron chi connectivity index (χ4n) is 4.15. The standard InChI is InChI=1S/C21H23N3O5S2/c1-10(25)23-20-17(12-5-2-3-7-13(12)31-20)21(28)29-9-15(26)24-19-16(18(22)27)11-6-4-8-14(11)30-19/h2-9H2,1H3,(H2,22,27)(H,23,25)(H,24,26). The van der Waals surface area contributed by atoms with E-state index in [-0.39, 0.29) is 5.91 Å². The van der Waals surface area contributed by atoms with E-state index in [1.807, 2.05) is 0 Å². The van der Waals surface area contributed by atoms with E-state index >= 15 is 0 Å². The van der Waals surface area contributed by atoms with Crippen molar-refractivity contribution in [1.82, 2.24) is 0 Å². The highest BCUT2D eigenvalue weighted by atomic mass is 32.1. The van der Waals surface area contributed by atoms with Gasteiger partial charge in [-0.25, -0.2) is 4.79 Å². The Morgan fingerprint density at radius 3 is 2.13 bits per heavy atom. The van der Waals surface area contributed by atoms with Crippen LogP contribution < -0.4 is 16.4 Å². The van der Waals surface area contributed by atoms with Gasteiger partial charge in [-0.3, -0.25) is 14.4 Å². The van der Waals surface area contributed by atoms with Crippen LogP contribution >= 0.6 is 22.7 Å². The lowest BCUT2D eigenvalue weighted by Gasteiger charge is -2.13. The molecule has 10 heteroatoms. The molecule has 4 N–H and O–H groups in total. The van der Waals surface area contributed by atoms with E-state index in [2.05, 4.69) is 10.6 Å². The molecule has 0 saturated heterocycles. The average Bonchev–Trinajstić information content (AvgIpc) is 3.37. The van der Waals surface area contributed by atoms with Crippen molar-refractivity contribution in [1.29, 1.82) is 0 Å². The number of esters is 1. The van der Waals surface area contributed by atoms with Crippen molar-refractivity contribution in [2.24, 2.45) is 5.73 Å². The topological polar surface area (TPSA) is 128 Å². The number of anilines is 2. The third kappa shape index (κ3) is 4.35. The lowest BCUT2D eigenvalue weighted by molar-refractivity contribution is -0.119. The number of amides is 3. The maximum Gasteiger partial charge on any atom is 0.341 e.